The normalized spacial score (nSPS) is 11.1. The topological polar surface area (TPSA) is 70.2 Å². The van der Waals surface area contributed by atoms with Crippen molar-refractivity contribution in [2.75, 3.05) is 44.6 Å². The molecule has 0 amide bonds. The highest BCUT2D eigenvalue weighted by Crippen LogP contribution is 2.17. The van der Waals surface area contributed by atoms with E-state index < -0.39 is 0 Å². The summed E-state index contributed by atoms with van der Waals surface area (Å²) < 4.78 is 5.19. The predicted octanol–water partition coefficient (Wildman–Crippen LogP) is 4.66. The van der Waals surface area contributed by atoms with Crippen LogP contribution in [0.15, 0.2) is 59.5 Å². The van der Waals surface area contributed by atoms with Gasteiger partial charge in [-0.2, -0.15) is 23.5 Å². The zero-order valence-corrected chi connectivity index (χ0v) is 21.8. The van der Waals surface area contributed by atoms with Gasteiger partial charge in [0.1, 0.15) is 5.75 Å². The molecule has 6 nitrogen and oxygen atoms in total. The Kier molecular flexibility index (Phi) is 10.9. The molecule has 8 heteroatoms. The Morgan fingerprint density at radius 1 is 1.00 bits per heavy atom. The zero-order valence-electron chi connectivity index (χ0n) is 20.2. The zero-order chi connectivity index (χ0) is 24.2. The predicted molar refractivity (Wildman–Crippen MR) is 146 cm³/mol. The Morgan fingerprint density at radius 3 is 2.47 bits per heavy atom. The molecule has 0 aliphatic rings. The molecule has 0 unspecified atom stereocenters. The maximum atomic E-state index is 12.4. The summed E-state index contributed by atoms with van der Waals surface area (Å²) in [5.41, 5.74) is 4.58. The number of aromatic nitrogens is 2. The molecule has 0 aliphatic carbocycles. The number of benzene rings is 2. The lowest BCUT2D eigenvalue weighted by Crippen LogP contribution is -2.18. The van der Waals surface area contributed by atoms with Gasteiger partial charge in [0, 0.05) is 42.1 Å². The fourth-order valence-electron chi connectivity index (χ4n) is 3.40. The highest BCUT2D eigenvalue weighted by Gasteiger charge is 2.04. The number of nitrogens with one attached hydrogen (secondary N) is 2. The number of H-pyrrole nitrogens is 1. The SMILES string of the molecule is COc1ccc(CSCCc2cnc(NCCSCc3cccc(CN(C)C)c3)[nH]c2=O)cc1. The van der Waals surface area contributed by atoms with Crippen molar-refractivity contribution in [3.05, 3.63) is 87.3 Å². The minimum atomic E-state index is -0.0621. The molecule has 1 aromatic heterocycles. The Bertz CT molecular complexity index is 1070. The summed E-state index contributed by atoms with van der Waals surface area (Å²) in [6, 6.07) is 16.8. The van der Waals surface area contributed by atoms with Crippen LogP contribution in [0.4, 0.5) is 5.95 Å². The molecule has 3 aromatic rings. The Labute approximate surface area is 210 Å². The van der Waals surface area contributed by atoms with Crippen LogP contribution in [0, 0.1) is 0 Å². The van der Waals surface area contributed by atoms with Crippen LogP contribution in [0.2, 0.25) is 0 Å². The molecule has 2 aromatic carbocycles. The second-order valence-corrected chi connectivity index (χ2v) is 10.5. The summed E-state index contributed by atoms with van der Waals surface area (Å²) >= 11 is 3.68. The molecule has 0 aliphatic heterocycles. The standard InChI is InChI=1S/C26H34N4O2S2/c1-30(2)17-21-5-4-6-22(15-21)19-34-14-12-27-26-28-16-23(25(31)29-26)11-13-33-18-20-7-9-24(32-3)10-8-20/h4-10,15-16H,11-14,17-19H2,1-3H3,(H2,27,28,29,31). The van der Waals surface area contributed by atoms with E-state index in [1.807, 2.05) is 23.9 Å². The van der Waals surface area contributed by atoms with Gasteiger partial charge in [-0.05, 0) is 55.1 Å². The van der Waals surface area contributed by atoms with E-state index in [9.17, 15) is 4.79 Å². The number of anilines is 1. The van der Waals surface area contributed by atoms with E-state index in [4.69, 9.17) is 4.74 Å². The minimum absolute atomic E-state index is 0.0621. The van der Waals surface area contributed by atoms with E-state index in [2.05, 4.69) is 70.7 Å². The van der Waals surface area contributed by atoms with Gasteiger partial charge >= 0.3 is 0 Å². The van der Waals surface area contributed by atoms with Crippen LogP contribution in [0.25, 0.3) is 0 Å². The number of nitrogens with zero attached hydrogens (tertiary/aromatic N) is 2. The second-order valence-electron chi connectivity index (χ2n) is 8.27. The minimum Gasteiger partial charge on any atom is -0.497 e. The van der Waals surface area contributed by atoms with Crippen molar-refractivity contribution < 1.29 is 4.74 Å². The van der Waals surface area contributed by atoms with Gasteiger partial charge in [0.2, 0.25) is 5.95 Å². The van der Waals surface area contributed by atoms with Gasteiger partial charge in [-0.3, -0.25) is 9.78 Å². The molecule has 34 heavy (non-hydrogen) atoms. The average molecular weight is 499 g/mol. The maximum absolute atomic E-state index is 12.4. The number of rotatable bonds is 14. The van der Waals surface area contributed by atoms with Gasteiger partial charge in [0.25, 0.3) is 5.56 Å². The van der Waals surface area contributed by atoms with Crippen LogP contribution in [0.1, 0.15) is 22.3 Å². The smallest absolute Gasteiger partial charge is 0.255 e. The fourth-order valence-corrected chi connectivity index (χ4v) is 5.14. The lowest BCUT2D eigenvalue weighted by Gasteiger charge is -2.11. The summed E-state index contributed by atoms with van der Waals surface area (Å²) in [5.74, 6) is 5.09. The van der Waals surface area contributed by atoms with Gasteiger partial charge in [-0.1, -0.05) is 36.4 Å². The molecule has 0 saturated carbocycles. The van der Waals surface area contributed by atoms with Crippen molar-refractivity contribution in [1.29, 1.82) is 0 Å². The number of hydrogen-bond donors (Lipinski definition) is 2. The number of thioether (sulfide) groups is 2. The fraction of sp³-hybridized carbons (Fsp3) is 0.385. The van der Waals surface area contributed by atoms with Gasteiger partial charge in [-0.15, -0.1) is 0 Å². The highest BCUT2D eigenvalue weighted by atomic mass is 32.2. The average Bonchev–Trinajstić information content (AvgIpc) is 2.83. The first-order chi connectivity index (χ1) is 16.5. The van der Waals surface area contributed by atoms with E-state index in [1.165, 1.54) is 16.7 Å². The lowest BCUT2D eigenvalue weighted by atomic mass is 10.1. The van der Waals surface area contributed by atoms with E-state index in [1.54, 1.807) is 25.1 Å². The first-order valence-electron chi connectivity index (χ1n) is 11.4. The summed E-state index contributed by atoms with van der Waals surface area (Å²) in [4.78, 5) is 21.8. The van der Waals surface area contributed by atoms with Crippen molar-refractivity contribution in [2.24, 2.45) is 0 Å². The highest BCUT2D eigenvalue weighted by molar-refractivity contribution is 7.98. The molecule has 0 fully saturated rings. The molecule has 0 spiro atoms. The third kappa shape index (κ3) is 9.08. The van der Waals surface area contributed by atoms with Crippen molar-refractivity contribution in [1.82, 2.24) is 14.9 Å². The third-order valence-corrected chi connectivity index (χ3v) is 7.17. The van der Waals surface area contributed by atoms with E-state index >= 15 is 0 Å². The molecule has 0 radical (unpaired) electrons. The molecular formula is C26H34N4O2S2. The van der Waals surface area contributed by atoms with E-state index in [0.717, 1.165) is 47.4 Å². The number of hydrogen-bond acceptors (Lipinski definition) is 7. The van der Waals surface area contributed by atoms with E-state index in [-0.39, 0.29) is 5.56 Å². The van der Waals surface area contributed by atoms with Gasteiger partial charge in [-0.25, -0.2) is 4.98 Å². The lowest BCUT2D eigenvalue weighted by molar-refractivity contribution is 0.402. The Balaban J connectivity index is 1.34. The molecule has 182 valence electrons. The van der Waals surface area contributed by atoms with Crippen LogP contribution in [0.3, 0.4) is 0 Å². The van der Waals surface area contributed by atoms with Crippen molar-refractivity contribution >= 4 is 29.5 Å². The Morgan fingerprint density at radius 2 is 1.74 bits per heavy atom. The van der Waals surface area contributed by atoms with Gasteiger partial charge in [0.05, 0.1) is 7.11 Å². The molecule has 3 rings (SSSR count). The quantitative estimate of drug-likeness (QED) is 0.313. The number of ether oxygens (including phenoxy) is 1. The van der Waals surface area contributed by atoms with Crippen LogP contribution < -0.4 is 15.6 Å². The first kappa shape index (κ1) is 26.2. The van der Waals surface area contributed by atoms with Crippen LogP contribution in [-0.4, -0.2) is 54.1 Å². The molecule has 0 atom stereocenters. The summed E-state index contributed by atoms with van der Waals surface area (Å²) in [7, 11) is 5.84. The summed E-state index contributed by atoms with van der Waals surface area (Å²) in [6.07, 6.45) is 2.39. The second kappa shape index (κ2) is 14.1. The number of aryl methyl sites for hydroxylation is 1. The molecule has 0 bridgehead atoms. The molecule has 0 saturated heterocycles. The van der Waals surface area contributed by atoms with Gasteiger partial charge < -0.3 is 15.0 Å². The van der Waals surface area contributed by atoms with Crippen LogP contribution in [0.5, 0.6) is 5.75 Å². The monoisotopic (exact) mass is 498 g/mol. The molecular weight excluding hydrogens is 464 g/mol. The Hall–Kier alpha value is -2.42. The van der Waals surface area contributed by atoms with Gasteiger partial charge in [0.15, 0.2) is 0 Å². The van der Waals surface area contributed by atoms with E-state index in [0.29, 0.717) is 12.4 Å². The summed E-state index contributed by atoms with van der Waals surface area (Å²) in [6.45, 7) is 1.71. The summed E-state index contributed by atoms with van der Waals surface area (Å²) in [5, 5.41) is 3.22. The van der Waals surface area contributed by atoms with Crippen molar-refractivity contribution in [3.8, 4) is 5.75 Å². The maximum Gasteiger partial charge on any atom is 0.255 e. The third-order valence-electron chi connectivity index (χ3n) is 5.11. The number of methoxy groups -OCH3 is 1. The van der Waals surface area contributed by atoms with Crippen molar-refractivity contribution in [2.45, 2.75) is 24.5 Å². The number of aromatic amines is 1. The largest absolute Gasteiger partial charge is 0.497 e. The first-order valence-corrected chi connectivity index (χ1v) is 13.7. The molecule has 2 N–H and O–H groups in total. The van der Waals surface area contributed by atoms with Crippen LogP contribution >= 0.6 is 23.5 Å². The molecule has 1 heterocycles. The van der Waals surface area contributed by atoms with Crippen LogP contribution in [-0.2, 0) is 24.5 Å². The van der Waals surface area contributed by atoms with Crippen molar-refractivity contribution in [3.63, 3.8) is 0 Å².